The molecule has 7 heteroatoms. The maximum absolute atomic E-state index is 13.3. The number of hydrogen-bond donors (Lipinski definition) is 1. The van der Waals surface area contributed by atoms with Gasteiger partial charge in [-0.1, -0.05) is 13.8 Å². The third-order valence-corrected chi connectivity index (χ3v) is 3.62. The fourth-order valence-electron chi connectivity index (χ4n) is 2.63. The third-order valence-electron chi connectivity index (χ3n) is 3.62. The Morgan fingerprint density at radius 2 is 2.10 bits per heavy atom. The number of imidazole rings is 1. The van der Waals surface area contributed by atoms with E-state index in [1.165, 1.54) is 11.7 Å². The topological polar surface area (TPSA) is 39.1 Å². The maximum atomic E-state index is 13.3. The Hall–Kier alpha value is -1.08. The largest absolute Gasteiger partial charge is 0.449 e. The maximum Gasteiger partial charge on any atom is 0.449 e. The van der Waals surface area contributed by atoms with Gasteiger partial charge in [0, 0.05) is 32.3 Å². The van der Waals surface area contributed by atoms with Crippen LogP contribution in [-0.2, 0) is 23.9 Å². The Kier molecular flexibility index (Phi) is 4.39. The van der Waals surface area contributed by atoms with Crippen LogP contribution in [0, 0.1) is 5.92 Å². The first-order valence-electron chi connectivity index (χ1n) is 6.73. The lowest BCUT2D eigenvalue weighted by atomic mass is 10.0. The smallest absolute Gasteiger partial charge is 0.383 e. The molecule has 114 valence electrons. The Labute approximate surface area is 116 Å². The van der Waals surface area contributed by atoms with Crippen LogP contribution in [0.3, 0.4) is 0 Å². The Morgan fingerprint density at radius 3 is 2.65 bits per heavy atom. The predicted molar refractivity (Wildman–Crippen MR) is 68.4 cm³/mol. The van der Waals surface area contributed by atoms with Gasteiger partial charge in [-0.2, -0.15) is 13.2 Å². The highest BCUT2D eigenvalue weighted by Gasteiger charge is 2.41. The van der Waals surface area contributed by atoms with E-state index >= 15 is 0 Å². The molecule has 0 amide bonds. The first kappa shape index (κ1) is 15.3. The summed E-state index contributed by atoms with van der Waals surface area (Å²) < 4.78 is 46.2. The number of fused-ring (bicyclic) bond motifs is 1. The highest BCUT2D eigenvalue weighted by Crippen LogP contribution is 2.35. The average Bonchev–Trinajstić information content (AvgIpc) is 2.74. The molecule has 0 aliphatic carbocycles. The van der Waals surface area contributed by atoms with Crippen LogP contribution in [0.1, 0.15) is 37.1 Å². The zero-order valence-electron chi connectivity index (χ0n) is 11.9. The van der Waals surface area contributed by atoms with E-state index < -0.39 is 12.0 Å². The van der Waals surface area contributed by atoms with Gasteiger partial charge in [0.25, 0.3) is 0 Å². The van der Waals surface area contributed by atoms with Crippen molar-refractivity contribution in [1.82, 2.24) is 14.9 Å². The molecular weight excluding hydrogens is 271 g/mol. The van der Waals surface area contributed by atoms with E-state index in [1.54, 1.807) is 0 Å². The molecule has 1 aromatic heterocycles. The lowest BCUT2D eigenvalue weighted by molar-refractivity contribution is -0.148. The van der Waals surface area contributed by atoms with Gasteiger partial charge in [0.1, 0.15) is 0 Å². The molecule has 1 unspecified atom stereocenters. The van der Waals surface area contributed by atoms with E-state index in [-0.39, 0.29) is 18.6 Å². The molecule has 1 aliphatic heterocycles. The van der Waals surface area contributed by atoms with Gasteiger partial charge in [-0.15, -0.1) is 0 Å². The first-order valence-corrected chi connectivity index (χ1v) is 6.73. The summed E-state index contributed by atoms with van der Waals surface area (Å²) in [6, 6.07) is -0.356. The van der Waals surface area contributed by atoms with Crippen LogP contribution in [0.25, 0.3) is 0 Å². The van der Waals surface area contributed by atoms with Crippen LogP contribution < -0.4 is 5.32 Å². The predicted octanol–water partition coefficient (Wildman–Crippen LogP) is 2.39. The fourth-order valence-corrected chi connectivity index (χ4v) is 2.63. The molecule has 1 aliphatic rings. The molecule has 0 fully saturated rings. The number of nitrogens with one attached hydrogen (secondary N) is 1. The number of rotatable bonds is 4. The second-order valence-electron chi connectivity index (χ2n) is 5.39. The Bertz CT molecular complexity index is 468. The highest BCUT2D eigenvalue weighted by molar-refractivity contribution is 5.23. The van der Waals surface area contributed by atoms with Gasteiger partial charge >= 0.3 is 6.18 Å². The van der Waals surface area contributed by atoms with Crippen molar-refractivity contribution in [2.24, 2.45) is 5.92 Å². The lowest BCUT2D eigenvalue weighted by Gasteiger charge is -2.27. The summed E-state index contributed by atoms with van der Waals surface area (Å²) in [6.07, 6.45) is -3.89. The zero-order chi connectivity index (χ0) is 14.9. The molecule has 1 aromatic rings. The van der Waals surface area contributed by atoms with Gasteiger partial charge in [0.05, 0.1) is 18.3 Å². The van der Waals surface area contributed by atoms with Crippen molar-refractivity contribution in [3.05, 3.63) is 17.2 Å². The minimum Gasteiger partial charge on any atom is -0.383 e. The molecule has 0 saturated heterocycles. The molecule has 1 atom stereocenters. The van der Waals surface area contributed by atoms with Crippen molar-refractivity contribution in [1.29, 1.82) is 0 Å². The van der Waals surface area contributed by atoms with Crippen LogP contribution in [0.2, 0.25) is 0 Å². The van der Waals surface area contributed by atoms with Crippen molar-refractivity contribution in [2.75, 3.05) is 20.3 Å². The second kappa shape index (κ2) is 5.73. The quantitative estimate of drug-likeness (QED) is 0.926. The summed E-state index contributed by atoms with van der Waals surface area (Å²) in [6.45, 7) is 5.11. The third kappa shape index (κ3) is 2.83. The molecule has 0 aromatic carbocycles. The van der Waals surface area contributed by atoms with Gasteiger partial charge < -0.3 is 14.6 Å². The molecule has 20 heavy (non-hydrogen) atoms. The van der Waals surface area contributed by atoms with E-state index in [2.05, 4.69) is 10.3 Å². The SMILES string of the molecule is COCC(C(C)C)n1c(C(F)(F)F)nc2c1CCNC2. The van der Waals surface area contributed by atoms with Crippen LogP contribution in [0.15, 0.2) is 0 Å². The van der Waals surface area contributed by atoms with E-state index in [1.807, 2.05) is 13.8 Å². The summed E-state index contributed by atoms with van der Waals surface area (Å²) in [4.78, 5) is 3.83. The van der Waals surface area contributed by atoms with Crippen molar-refractivity contribution in [3.8, 4) is 0 Å². The molecule has 1 N–H and O–H groups in total. The minimum atomic E-state index is -4.45. The van der Waals surface area contributed by atoms with Crippen LogP contribution >= 0.6 is 0 Å². The number of methoxy groups -OCH3 is 1. The second-order valence-corrected chi connectivity index (χ2v) is 5.39. The van der Waals surface area contributed by atoms with Gasteiger partial charge in [-0.3, -0.25) is 0 Å². The van der Waals surface area contributed by atoms with Gasteiger partial charge in [-0.25, -0.2) is 4.98 Å². The van der Waals surface area contributed by atoms with Crippen molar-refractivity contribution < 1.29 is 17.9 Å². The molecule has 0 bridgehead atoms. The highest BCUT2D eigenvalue weighted by atomic mass is 19.4. The first-order chi connectivity index (χ1) is 9.36. The molecule has 2 heterocycles. The van der Waals surface area contributed by atoms with Gasteiger partial charge in [0.2, 0.25) is 5.82 Å². The summed E-state index contributed by atoms with van der Waals surface area (Å²) in [7, 11) is 1.51. The number of aromatic nitrogens is 2. The number of halogens is 3. The molecule has 0 spiro atoms. The normalized spacial score (nSPS) is 17.4. The molecule has 4 nitrogen and oxygen atoms in total. The average molecular weight is 291 g/mol. The summed E-state index contributed by atoms with van der Waals surface area (Å²) in [5.74, 6) is -0.772. The number of nitrogens with zero attached hydrogens (tertiary/aromatic N) is 2. The minimum absolute atomic E-state index is 0.0317. The number of alkyl halides is 3. The fraction of sp³-hybridized carbons (Fsp3) is 0.769. The number of hydrogen-bond acceptors (Lipinski definition) is 3. The van der Waals surface area contributed by atoms with Crippen molar-refractivity contribution >= 4 is 0 Å². The van der Waals surface area contributed by atoms with E-state index in [9.17, 15) is 13.2 Å². The van der Waals surface area contributed by atoms with Crippen molar-refractivity contribution in [2.45, 2.75) is 39.0 Å². The lowest BCUT2D eigenvalue weighted by Crippen LogP contribution is -2.30. The number of ether oxygens (including phenoxy) is 1. The van der Waals surface area contributed by atoms with Crippen LogP contribution in [0.4, 0.5) is 13.2 Å². The van der Waals surface area contributed by atoms with Crippen molar-refractivity contribution in [3.63, 3.8) is 0 Å². The van der Waals surface area contributed by atoms with E-state index in [0.717, 1.165) is 0 Å². The zero-order valence-corrected chi connectivity index (χ0v) is 11.9. The standard InChI is InChI=1S/C13H20F3N3O/c1-8(2)11(7-20-3)19-10-4-5-17-6-9(10)18-12(19)13(14,15)16/h8,11,17H,4-7H2,1-3H3. The molecule has 0 radical (unpaired) electrons. The summed E-state index contributed by atoms with van der Waals surface area (Å²) >= 11 is 0. The van der Waals surface area contributed by atoms with E-state index in [4.69, 9.17) is 4.74 Å². The Morgan fingerprint density at radius 1 is 1.40 bits per heavy atom. The summed E-state index contributed by atoms with van der Waals surface area (Å²) in [5, 5.41) is 3.06. The molecule has 2 rings (SSSR count). The summed E-state index contributed by atoms with van der Waals surface area (Å²) in [5.41, 5.74) is 1.19. The molecule has 0 saturated carbocycles. The van der Waals surface area contributed by atoms with Gasteiger partial charge in [0.15, 0.2) is 0 Å². The van der Waals surface area contributed by atoms with Gasteiger partial charge in [-0.05, 0) is 5.92 Å². The monoisotopic (exact) mass is 291 g/mol. The van der Waals surface area contributed by atoms with Crippen LogP contribution in [-0.4, -0.2) is 29.8 Å². The Balaban J connectivity index is 2.55. The van der Waals surface area contributed by atoms with E-state index in [0.29, 0.717) is 30.9 Å². The van der Waals surface area contributed by atoms with Crippen LogP contribution in [0.5, 0.6) is 0 Å². The molecular formula is C13H20F3N3O.